The van der Waals surface area contributed by atoms with E-state index in [1.165, 1.54) is 0 Å². The van der Waals surface area contributed by atoms with Gasteiger partial charge in [0.05, 0.1) is 17.2 Å². The summed E-state index contributed by atoms with van der Waals surface area (Å²) in [5.41, 5.74) is 0.455. The van der Waals surface area contributed by atoms with Crippen molar-refractivity contribution in [1.29, 1.82) is 5.26 Å². The van der Waals surface area contributed by atoms with Crippen LogP contribution in [0.2, 0.25) is 5.02 Å². The van der Waals surface area contributed by atoms with E-state index in [4.69, 9.17) is 26.3 Å². The molecule has 0 fully saturated rings. The molecule has 1 aromatic carbocycles. The van der Waals surface area contributed by atoms with E-state index < -0.39 is 0 Å². The topological polar surface area (TPSA) is 42.2 Å². The van der Waals surface area contributed by atoms with Crippen LogP contribution in [0, 0.1) is 11.3 Å². The predicted octanol–water partition coefficient (Wildman–Crippen LogP) is 3.02. The maximum Gasteiger partial charge on any atom is 0.120 e. The fourth-order valence-electron chi connectivity index (χ4n) is 1.14. The van der Waals surface area contributed by atoms with E-state index in [-0.39, 0.29) is 0 Å². The van der Waals surface area contributed by atoms with Crippen LogP contribution in [0.3, 0.4) is 0 Å². The molecule has 1 rings (SSSR count). The van der Waals surface area contributed by atoms with Gasteiger partial charge in [-0.25, -0.2) is 0 Å². The molecule has 16 heavy (non-hydrogen) atoms. The zero-order valence-electron chi connectivity index (χ0n) is 9.20. The van der Waals surface area contributed by atoms with Crippen molar-refractivity contribution in [3.05, 3.63) is 28.8 Å². The van der Waals surface area contributed by atoms with Crippen LogP contribution in [0.5, 0.6) is 5.75 Å². The Bertz CT molecular complexity index is 374. The number of ether oxygens (including phenoxy) is 2. The third-order valence-electron chi connectivity index (χ3n) is 1.91. The molecule has 0 unspecified atom stereocenters. The number of halogens is 1. The van der Waals surface area contributed by atoms with E-state index in [9.17, 15) is 0 Å². The van der Waals surface area contributed by atoms with Gasteiger partial charge >= 0.3 is 0 Å². The molecule has 0 heterocycles. The molecule has 0 aliphatic rings. The average molecular weight is 240 g/mol. The normalized spacial score (nSPS) is 9.81. The maximum absolute atomic E-state index is 8.69. The van der Waals surface area contributed by atoms with Crippen LogP contribution in [0.25, 0.3) is 0 Å². The minimum absolute atomic E-state index is 0.412. The molecule has 0 amide bonds. The Labute approximate surface area is 101 Å². The molecule has 0 bridgehead atoms. The van der Waals surface area contributed by atoms with Gasteiger partial charge in [0, 0.05) is 12.7 Å². The van der Waals surface area contributed by atoms with Crippen molar-refractivity contribution in [2.45, 2.75) is 13.3 Å². The van der Waals surface area contributed by atoms with Crippen LogP contribution in [-0.2, 0) is 4.74 Å². The lowest BCUT2D eigenvalue weighted by Crippen LogP contribution is -2.07. The Hall–Kier alpha value is -1.24. The number of hydrogen-bond donors (Lipinski definition) is 0. The fourth-order valence-corrected chi connectivity index (χ4v) is 1.35. The average Bonchev–Trinajstić information content (AvgIpc) is 2.29. The highest BCUT2D eigenvalue weighted by atomic mass is 35.5. The quantitative estimate of drug-likeness (QED) is 0.717. The van der Waals surface area contributed by atoms with Crippen LogP contribution in [0.4, 0.5) is 0 Å². The predicted molar refractivity (Wildman–Crippen MR) is 62.8 cm³/mol. The van der Waals surface area contributed by atoms with E-state index in [0.29, 0.717) is 29.5 Å². The van der Waals surface area contributed by atoms with Crippen molar-refractivity contribution >= 4 is 11.6 Å². The molecule has 0 aliphatic carbocycles. The first-order valence-corrected chi connectivity index (χ1v) is 5.56. The third kappa shape index (κ3) is 4.09. The van der Waals surface area contributed by atoms with Crippen LogP contribution in [0.1, 0.15) is 18.9 Å². The SMILES string of the molecule is CCCOCCOc1ccc(C#N)c(Cl)c1. The molecule has 0 aromatic heterocycles. The maximum atomic E-state index is 8.69. The Kier molecular flexibility index (Phi) is 5.69. The minimum atomic E-state index is 0.412. The lowest BCUT2D eigenvalue weighted by Gasteiger charge is -2.07. The summed E-state index contributed by atoms with van der Waals surface area (Å²) in [4.78, 5) is 0. The largest absolute Gasteiger partial charge is 0.491 e. The summed E-state index contributed by atoms with van der Waals surface area (Å²) in [5.74, 6) is 0.657. The summed E-state index contributed by atoms with van der Waals surface area (Å²) in [6.45, 7) is 3.85. The van der Waals surface area contributed by atoms with Gasteiger partial charge in [0.25, 0.3) is 0 Å². The highest BCUT2D eigenvalue weighted by Crippen LogP contribution is 2.21. The lowest BCUT2D eigenvalue weighted by atomic mass is 10.2. The second-order valence-corrected chi connectivity index (χ2v) is 3.62. The first-order chi connectivity index (χ1) is 7.77. The number of rotatable bonds is 6. The molecule has 3 nitrogen and oxygen atoms in total. The van der Waals surface area contributed by atoms with Gasteiger partial charge in [0.2, 0.25) is 0 Å². The molecular weight excluding hydrogens is 226 g/mol. The first-order valence-electron chi connectivity index (χ1n) is 5.18. The van der Waals surface area contributed by atoms with Gasteiger partial charge in [-0.2, -0.15) is 5.26 Å². The van der Waals surface area contributed by atoms with E-state index in [1.807, 2.05) is 6.07 Å². The Balaban J connectivity index is 2.38. The monoisotopic (exact) mass is 239 g/mol. The van der Waals surface area contributed by atoms with Crippen molar-refractivity contribution in [2.24, 2.45) is 0 Å². The van der Waals surface area contributed by atoms with Gasteiger partial charge in [-0.05, 0) is 18.6 Å². The zero-order valence-corrected chi connectivity index (χ0v) is 9.96. The summed E-state index contributed by atoms with van der Waals surface area (Å²) in [6, 6.07) is 7.00. The van der Waals surface area contributed by atoms with Crippen molar-refractivity contribution in [3.63, 3.8) is 0 Å². The van der Waals surface area contributed by atoms with Crippen molar-refractivity contribution < 1.29 is 9.47 Å². The molecule has 0 radical (unpaired) electrons. The molecule has 0 spiro atoms. The summed E-state index contributed by atoms with van der Waals surface area (Å²) < 4.78 is 10.7. The number of nitrogens with zero attached hydrogens (tertiary/aromatic N) is 1. The molecule has 0 N–H and O–H groups in total. The number of hydrogen-bond acceptors (Lipinski definition) is 3. The number of nitriles is 1. The van der Waals surface area contributed by atoms with Crippen LogP contribution >= 0.6 is 11.6 Å². The van der Waals surface area contributed by atoms with Gasteiger partial charge in [-0.3, -0.25) is 0 Å². The van der Waals surface area contributed by atoms with Gasteiger partial charge in [0.15, 0.2) is 0 Å². The Morgan fingerprint density at radius 3 is 2.75 bits per heavy atom. The van der Waals surface area contributed by atoms with Gasteiger partial charge in [-0.15, -0.1) is 0 Å². The molecule has 4 heteroatoms. The van der Waals surface area contributed by atoms with Gasteiger partial charge in [-0.1, -0.05) is 18.5 Å². The standard InChI is InChI=1S/C12H14ClNO2/c1-2-5-15-6-7-16-11-4-3-10(9-14)12(13)8-11/h3-4,8H,2,5-7H2,1H3. The van der Waals surface area contributed by atoms with Crippen molar-refractivity contribution in [1.82, 2.24) is 0 Å². The third-order valence-corrected chi connectivity index (χ3v) is 2.22. The molecule has 0 aliphatic heterocycles. The molecular formula is C12H14ClNO2. The van der Waals surface area contributed by atoms with E-state index in [2.05, 4.69) is 6.92 Å². The van der Waals surface area contributed by atoms with Crippen LogP contribution in [-0.4, -0.2) is 19.8 Å². The zero-order chi connectivity index (χ0) is 11.8. The number of benzene rings is 1. The second kappa shape index (κ2) is 7.10. The highest BCUT2D eigenvalue weighted by molar-refractivity contribution is 6.31. The second-order valence-electron chi connectivity index (χ2n) is 3.21. The molecule has 86 valence electrons. The molecule has 0 atom stereocenters. The van der Waals surface area contributed by atoms with Crippen molar-refractivity contribution in [2.75, 3.05) is 19.8 Å². The Morgan fingerprint density at radius 2 is 2.12 bits per heavy atom. The summed E-state index contributed by atoms with van der Waals surface area (Å²) in [7, 11) is 0. The lowest BCUT2D eigenvalue weighted by molar-refractivity contribution is 0.101. The molecule has 0 saturated carbocycles. The summed E-state index contributed by atoms with van der Waals surface area (Å²) in [5, 5.41) is 9.10. The van der Waals surface area contributed by atoms with E-state index in [0.717, 1.165) is 13.0 Å². The Morgan fingerprint density at radius 1 is 1.31 bits per heavy atom. The summed E-state index contributed by atoms with van der Waals surface area (Å²) in [6.07, 6.45) is 1.00. The van der Waals surface area contributed by atoms with Crippen LogP contribution < -0.4 is 4.74 Å². The smallest absolute Gasteiger partial charge is 0.120 e. The summed E-state index contributed by atoms with van der Waals surface area (Å²) >= 11 is 5.86. The first kappa shape index (κ1) is 12.8. The molecule has 0 saturated heterocycles. The van der Waals surface area contributed by atoms with E-state index in [1.54, 1.807) is 18.2 Å². The van der Waals surface area contributed by atoms with Crippen LogP contribution in [0.15, 0.2) is 18.2 Å². The van der Waals surface area contributed by atoms with Gasteiger partial charge < -0.3 is 9.47 Å². The van der Waals surface area contributed by atoms with Crippen molar-refractivity contribution in [3.8, 4) is 11.8 Å². The fraction of sp³-hybridized carbons (Fsp3) is 0.417. The van der Waals surface area contributed by atoms with E-state index >= 15 is 0 Å². The highest BCUT2D eigenvalue weighted by Gasteiger charge is 2.01. The van der Waals surface area contributed by atoms with Gasteiger partial charge in [0.1, 0.15) is 18.4 Å². The minimum Gasteiger partial charge on any atom is -0.491 e. The molecule has 1 aromatic rings.